The number of nitrogens with zero attached hydrogens (tertiary/aromatic N) is 5. The summed E-state index contributed by atoms with van der Waals surface area (Å²) in [5, 5.41) is 3.97. The van der Waals surface area contributed by atoms with E-state index in [0.29, 0.717) is 38.7 Å². The van der Waals surface area contributed by atoms with Crippen molar-refractivity contribution >= 4 is 28.7 Å². The van der Waals surface area contributed by atoms with Gasteiger partial charge in [-0.1, -0.05) is 48.5 Å². The van der Waals surface area contributed by atoms with Crippen LogP contribution in [0.1, 0.15) is 20.8 Å². The Kier molecular flexibility index (Phi) is 7.31. The van der Waals surface area contributed by atoms with Crippen molar-refractivity contribution in [3.63, 3.8) is 0 Å². The summed E-state index contributed by atoms with van der Waals surface area (Å²) >= 11 is 0. The number of likely N-dealkylation sites (N-methyl/N-ethyl adjacent to an activating group) is 1. The second kappa shape index (κ2) is 10.4. The van der Waals surface area contributed by atoms with Crippen LogP contribution in [-0.4, -0.2) is 83.4 Å². The van der Waals surface area contributed by atoms with E-state index < -0.39 is 0 Å². The first-order valence-electron chi connectivity index (χ1n) is 12.0. The fraction of sp³-hybridized carbons (Fsp3) is 0.407. The van der Waals surface area contributed by atoms with Crippen molar-refractivity contribution < 1.29 is 9.59 Å². The van der Waals surface area contributed by atoms with Gasteiger partial charge in [-0.2, -0.15) is 0 Å². The number of carbonyl (C=O) groups excluding carboxylic acids is 2. The maximum absolute atomic E-state index is 13.0. The lowest BCUT2D eigenvalue weighted by molar-refractivity contribution is -0.131. The van der Waals surface area contributed by atoms with Gasteiger partial charge >= 0.3 is 0 Å². The normalized spacial score (nSPS) is 14.7. The summed E-state index contributed by atoms with van der Waals surface area (Å²) in [6.45, 7) is 9.02. The van der Waals surface area contributed by atoms with Gasteiger partial charge in [0, 0.05) is 49.7 Å². The van der Waals surface area contributed by atoms with Crippen molar-refractivity contribution in [2.75, 3.05) is 51.2 Å². The zero-order valence-electron chi connectivity index (χ0n) is 21.0. The van der Waals surface area contributed by atoms with Crippen LogP contribution in [0, 0.1) is 0 Å². The Morgan fingerprint density at radius 2 is 1.60 bits per heavy atom. The fourth-order valence-corrected chi connectivity index (χ4v) is 4.24. The molecule has 8 heteroatoms. The predicted octanol–water partition coefficient (Wildman–Crippen LogP) is 2.79. The Labute approximate surface area is 207 Å². The molecule has 1 aliphatic heterocycles. The first kappa shape index (κ1) is 24.6. The minimum atomic E-state index is -0.245. The number of fused-ring (bicyclic) bond motifs is 1. The van der Waals surface area contributed by atoms with E-state index in [9.17, 15) is 9.59 Å². The van der Waals surface area contributed by atoms with Gasteiger partial charge in [-0.3, -0.25) is 14.5 Å². The lowest BCUT2D eigenvalue weighted by Crippen LogP contribution is -2.54. The Morgan fingerprint density at radius 1 is 0.943 bits per heavy atom. The number of hydrogen-bond acceptors (Lipinski definition) is 6. The maximum Gasteiger partial charge on any atom is 0.242 e. The lowest BCUT2D eigenvalue weighted by atomic mass is 10.1. The molecule has 8 nitrogen and oxygen atoms in total. The van der Waals surface area contributed by atoms with Crippen molar-refractivity contribution in [1.82, 2.24) is 25.1 Å². The van der Waals surface area contributed by atoms with Gasteiger partial charge in [-0.15, -0.1) is 0 Å². The van der Waals surface area contributed by atoms with E-state index in [1.54, 1.807) is 0 Å². The van der Waals surface area contributed by atoms with Crippen molar-refractivity contribution in [3.05, 3.63) is 54.6 Å². The molecule has 2 aromatic carbocycles. The van der Waals surface area contributed by atoms with Gasteiger partial charge in [-0.05, 0) is 26.8 Å². The molecule has 0 bridgehead atoms. The van der Waals surface area contributed by atoms with Gasteiger partial charge in [-0.25, -0.2) is 9.97 Å². The van der Waals surface area contributed by atoms with Gasteiger partial charge in [0.15, 0.2) is 0 Å². The molecule has 1 saturated heterocycles. The Hall–Kier alpha value is -3.52. The molecule has 2 amide bonds. The van der Waals surface area contributed by atoms with Crippen LogP contribution in [0.2, 0.25) is 0 Å². The minimum Gasteiger partial charge on any atom is -0.350 e. The highest BCUT2D eigenvalue weighted by atomic mass is 16.2. The Bertz CT molecular complexity index is 1180. The quantitative estimate of drug-likeness (QED) is 0.592. The molecule has 3 aromatic rings. The third kappa shape index (κ3) is 6.33. The summed E-state index contributed by atoms with van der Waals surface area (Å²) < 4.78 is 0. The van der Waals surface area contributed by atoms with Crippen LogP contribution in [0.5, 0.6) is 0 Å². The van der Waals surface area contributed by atoms with Crippen LogP contribution in [-0.2, 0) is 9.59 Å². The van der Waals surface area contributed by atoms with E-state index in [4.69, 9.17) is 9.97 Å². The fourth-order valence-electron chi connectivity index (χ4n) is 4.24. The molecular formula is C27H34N6O2. The molecule has 35 heavy (non-hydrogen) atoms. The van der Waals surface area contributed by atoms with Crippen LogP contribution in [0.3, 0.4) is 0 Å². The molecular weight excluding hydrogens is 440 g/mol. The Morgan fingerprint density at radius 3 is 2.29 bits per heavy atom. The van der Waals surface area contributed by atoms with E-state index in [0.717, 1.165) is 22.2 Å². The third-order valence-corrected chi connectivity index (χ3v) is 5.96. The van der Waals surface area contributed by atoms with Crippen molar-refractivity contribution in [2.24, 2.45) is 0 Å². The zero-order valence-corrected chi connectivity index (χ0v) is 21.0. The van der Waals surface area contributed by atoms with Crippen LogP contribution >= 0.6 is 0 Å². The minimum absolute atomic E-state index is 0.0136. The van der Waals surface area contributed by atoms with Gasteiger partial charge in [0.2, 0.25) is 17.8 Å². The van der Waals surface area contributed by atoms with Crippen molar-refractivity contribution in [3.8, 4) is 11.3 Å². The highest BCUT2D eigenvalue weighted by Gasteiger charge is 2.25. The second-order valence-electron chi connectivity index (χ2n) is 10.1. The average Bonchev–Trinajstić information content (AvgIpc) is 2.83. The number of benzene rings is 2. The molecule has 0 spiro atoms. The highest BCUT2D eigenvalue weighted by molar-refractivity contribution is 5.93. The van der Waals surface area contributed by atoms with Crippen LogP contribution in [0.4, 0.5) is 5.95 Å². The van der Waals surface area contributed by atoms with Crippen molar-refractivity contribution in [1.29, 1.82) is 0 Å². The number of anilines is 1. The SMILES string of the molecule is CN(CC(=O)N1CCN(CC(=O)NC(C)(C)C)CC1)c1nc(-c2ccccc2)c2ccccc2n1. The average molecular weight is 475 g/mol. The van der Waals surface area contributed by atoms with Gasteiger partial charge in [0.25, 0.3) is 0 Å². The van der Waals surface area contributed by atoms with E-state index in [2.05, 4.69) is 10.2 Å². The van der Waals surface area contributed by atoms with Crippen molar-refractivity contribution in [2.45, 2.75) is 26.3 Å². The molecule has 184 valence electrons. The molecule has 1 N–H and O–H groups in total. The molecule has 1 aliphatic rings. The first-order chi connectivity index (χ1) is 16.7. The number of aromatic nitrogens is 2. The largest absolute Gasteiger partial charge is 0.350 e. The first-order valence-corrected chi connectivity index (χ1v) is 12.0. The number of hydrogen-bond donors (Lipinski definition) is 1. The summed E-state index contributed by atoms with van der Waals surface area (Å²) in [6, 6.07) is 18.0. The third-order valence-electron chi connectivity index (χ3n) is 5.96. The van der Waals surface area contributed by atoms with Gasteiger partial charge in [0.05, 0.1) is 24.3 Å². The Balaban J connectivity index is 1.40. The molecule has 0 saturated carbocycles. The molecule has 1 aromatic heterocycles. The number of carbonyl (C=O) groups is 2. The molecule has 0 atom stereocenters. The van der Waals surface area contributed by atoms with E-state index >= 15 is 0 Å². The lowest BCUT2D eigenvalue weighted by Gasteiger charge is -2.35. The molecule has 0 unspecified atom stereocenters. The van der Waals surface area contributed by atoms with Gasteiger partial charge in [0.1, 0.15) is 0 Å². The molecule has 4 rings (SSSR count). The van der Waals surface area contributed by atoms with E-state index in [1.165, 1.54) is 0 Å². The second-order valence-corrected chi connectivity index (χ2v) is 10.1. The molecule has 1 fully saturated rings. The number of para-hydroxylation sites is 1. The summed E-state index contributed by atoms with van der Waals surface area (Å²) in [7, 11) is 1.85. The summed E-state index contributed by atoms with van der Waals surface area (Å²) in [6.07, 6.45) is 0. The smallest absolute Gasteiger partial charge is 0.242 e. The predicted molar refractivity (Wildman–Crippen MR) is 139 cm³/mol. The van der Waals surface area contributed by atoms with Crippen LogP contribution < -0.4 is 10.2 Å². The van der Waals surface area contributed by atoms with E-state index in [-0.39, 0.29) is 23.9 Å². The summed E-state index contributed by atoms with van der Waals surface area (Å²) in [4.78, 5) is 40.6. The maximum atomic E-state index is 13.0. The molecule has 2 heterocycles. The summed E-state index contributed by atoms with van der Waals surface area (Å²) in [5.41, 5.74) is 2.47. The number of amides is 2. The van der Waals surface area contributed by atoms with Crippen LogP contribution in [0.15, 0.2) is 54.6 Å². The molecule has 0 radical (unpaired) electrons. The highest BCUT2D eigenvalue weighted by Crippen LogP contribution is 2.27. The summed E-state index contributed by atoms with van der Waals surface area (Å²) in [5.74, 6) is 0.567. The van der Waals surface area contributed by atoms with Gasteiger partial charge < -0.3 is 15.1 Å². The monoisotopic (exact) mass is 474 g/mol. The number of rotatable bonds is 6. The molecule has 0 aliphatic carbocycles. The topological polar surface area (TPSA) is 81.7 Å². The number of nitrogens with one attached hydrogen (secondary N) is 1. The standard InChI is InChI=1S/C27H34N6O2/c1-27(2,3)30-23(34)18-32-14-16-33(17-15-32)24(35)19-31(4)26-28-22-13-9-8-12-21(22)25(29-26)20-10-6-5-7-11-20/h5-13H,14-19H2,1-4H3,(H,30,34). The zero-order chi connectivity index (χ0) is 25.0. The van der Waals surface area contributed by atoms with Crippen LogP contribution in [0.25, 0.3) is 22.2 Å². The number of piperazine rings is 1. The van der Waals surface area contributed by atoms with E-state index in [1.807, 2.05) is 92.2 Å².